The molecule has 0 radical (unpaired) electrons. The van der Waals surface area contributed by atoms with Crippen molar-refractivity contribution >= 4 is 15.9 Å². The average Bonchev–Trinajstić information content (AvgIpc) is 2.29. The Morgan fingerprint density at radius 2 is 1.80 bits per heavy atom. The molecule has 1 aromatic carbocycles. The number of rotatable bonds is 2. The molecule has 0 amide bonds. The summed E-state index contributed by atoms with van der Waals surface area (Å²) in [6.45, 7) is 0. The molecule has 0 aliphatic heterocycles. The second-order valence-corrected chi connectivity index (χ2v) is 3.73. The molecule has 0 saturated heterocycles. The van der Waals surface area contributed by atoms with Crippen LogP contribution in [0.5, 0.6) is 0 Å². The molecule has 0 unspecified atom stereocenters. The fourth-order valence-corrected chi connectivity index (χ4v) is 1.70. The summed E-state index contributed by atoms with van der Waals surface area (Å²) in [5.41, 5.74) is 2.56. The summed E-state index contributed by atoms with van der Waals surface area (Å²) in [5.74, 6) is -0.439. The minimum atomic E-state index is -0.439. The topological polar surface area (TPSA) is 12.9 Å². The van der Waals surface area contributed by atoms with Crippen LogP contribution in [0.15, 0.2) is 42.5 Å². The van der Waals surface area contributed by atoms with E-state index in [2.05, 4.69) is 20.9 Å². The molecule has 1 heterocycles. The molecule has 0 fully saturated rings. The Morgan fingerprint density at radius 1 is 1.07 bits per heavy atom. The molecular weight excluding hydrogens is 257 g/mol. The monoisotopic (exact) mass is 265 g/mol. The predicted octanol–water partition coefficient (Wildman–Crippen LogP) is 3.78. The Morgan fingerprint density at radius 3 is 2.47 bits per heavy atom. The van der Waals surface area contributed by atoms with Gasteiger partial charge in [0.15, 0.2) is 0 Å². The third-order valence-corrected chi connectivity index (χ3v) is 2.67. The zero-order valence-corrected chi connectivity index (χ0v) is 9.54. The van der Waals surface area contributed by atoms with Crippen molar-refractivity contribution in [1.29, 1.82) is 0 Å². The lowest BCUT2D eigenvalue weighted by Crippen LogP contribution is -1.91. The van der Waals surface area contributed by atoms with Crippen LogP contribution in [0.2, 0.25) is 0 Å². The van der Waals surface area contributed by atoms with Crippen LogP contribution >= 0.6 is 15.9 Å². The summed E-state index contributed by atoms with van der Waals surface area (Å²) in [7, 11) is 0. The molecule has 0 aliphatic carbocycles. The number of halogens is 2. The van der Waals surface area contributed by atoms with Gasteiger partial charge < -0.3 is 0 Å². The Kier molecular flexibility index (Phi) is 3.11. The number of pyridine rings is 1. The third kappa shape index (κ3) is 2.42. The van der Waals surface area contributed by atoms with E-state index in [1.165, 1.54) is 6.07 Å². The average molecular weight is 266 g/mol. The molecule has 0 atom stereocenters. The van der Waals surface area contributed by atoms with Gasteiger partial charge in [-0.05, 0) is 17.2 Å². The minimum absolute atomic E-state index is 0.439. The molecule has 1 nitrogen and oxygen atoms in total. The molecule has 2 rings (SSSR count). The minimum Gasteiger partial charge on any atom is -0.224 e. The highest BCUT2D eigenvalue weighted by Crippen LogP contribution is 2.20. The van der Waals surface area contributed by atoms with Crippen molar-refractivity contribution in [3.63, 3.8) is 0 Å². The van der Waals surface area contributed by atoms with Gasteiger partial charge in [-0.15, -0.1) is 0 Å². The van der Waals surface area contributed by atoms with E-state index in [4.69, 9.17) is 0 Å². The van der Waals surface area contributed by atoms with Crippen molar-refractivity contribution in [3.8, 4) is 11.1 Å². The van der Waals surface area contributed by atoms with Crippen LogP contribution in [-0.4, -0.2) is 4.98 Å². The summed E-state index contributed by atoms with van der Waals surface area (Å²) in [6.07, 6.45) is 0. The molecule has 0 aliphatic rings. The molecule has 3 heteroatoms. The molecular formula is C12H9BrFN. The van der Waals surface area contributed by atoms with E-state index in [0.29, 0.717) is 11.0 Å². The summed E-state index contributed by atoms with van der Waals surface area (Å²) in [6, 6.07) is 13.0. The van der Waals surface area contributed by atoms with Crippen molar-refractivity contribution in [1.82, 2.24) is 4.98 Å². The first-order chi connectivity index (χ1) is 7.29. The van der Waals surface area contributed by atoms with Gasteiger partial charge in [-0.25, -0.2) is 4.98 Å². The van der Waals surface area contributed by atoms with Gasteiger partial charge in [0.1, 0.15) is 0 Å². The largest absolute Gasteiger partial charge is 0.224 e. The molecule has 0 spiro atoms. The maximum Gasteiger partial charge on any atom is 0.213 e. The van der Waals surface area contributed by atoms with Crippen LogP contribution < -0.4 is 0 Å². The van der Waals surface area contributed by atoms with Crippen LogP contribution in [0.3, 0.4) is 0 Å². The summed E-state index contributed by atoms with van der Waals surface area (Å²) >= 11 is 3.27. The normalized spacial score (nSPS) is 10.3. The first kappa shape index (κ1) is 10.3. The van der Waals surface area contributed by atoms with E-state index < -0.39 is 5.95 Å². The number of nitrogens with zero attached hydrogens (tertiary/aromatic N) is 1. The van der Waals surface area contributed by atoms with Crippen LogP contribution in [0.1, 0.15) is 5.69 Å². The predicted molar refractivity (Wildman–Crippen MR) is 62.3 cm³/mol. The summed E-state index contributed by atoms with van der Waals surface area (Å²) in [4.78, 5) is 3.76. The van der Waals surface area contributed by atoms with E-state index in [1.807, 2.05) is 36.4 Å². The van der Waals surface area contributed by atoms with E-state index in [1.54, 1.807) is 0 Å². The second kappa shape index (κ2) is 4.53. The Bertz CT molecular complexity index is 456. The van der Waals surface area contributed by atoms with E-state index in [9.17, 15) is 4.39 Å². The molecule has 1 aromatic heterocycles. The van der Waals surface area contributed by atoms with Crippen LogP contribution in [0.4, 0.5) is 4.39 Å². The highest BCUT2D eigenvalue weighted by Gasteiger charge is 2.03. The lowest BCUT2D eigenvalue weighted by molar-refractivity contribution is 0.580. The molecule has 0 bridgehead atoms. The van der Waals surface area contributed by atoms with Crippen molar-refractivity contribution in [3.05, 3.63) is 54.1 Å². The van der Waals surface area contributed by atoms with E-state index in [-0.39, 0.29) is 0 Å². The second-order valence-electron chi connectivity index (χ2n) is 3.17. The third-order valence-electron chi connectivity index (χ3n) is 2.09. The maximum absolute atomic E-state index is 13.2. The highest BCUT2D eigenvalue weighted by molar-refractivity contribution is 9.08. The number of alkyl halides is 1. The number of hydrogen-bond donors (Lipinski definition) is 0. The summed E-state index contributed by atoms with van der Waals surface area (Å²) < 4.78 is 13.2. The van der Waals surface area contributed by atoms with Crippen molar-refractivity contribution < 1.29 is 4.39 Å². The standard InChI is InChI=1S/C12H9BrFN/c13-8-11-6-10(7-12(14)15-11)9-4-2-1-3-5-9/h1-7H,8H2. The van der Waals surface area contributed by atoms with Crippen molar-refractivity contribution in [2.24, 2.45) is 0 Å². The van der Waals surface area contributed by atoms with Gasteiger partial charge in [-0.1, -0.05) is 46.3 Å². The molecule has 0 N–H and O–H groups in total. The molecule has 76 valence electrons. The molecule has 15 heavy (non-hydrogen) atoms. The number of aromatic nitrogens is 1. The van der Waals surface area contributed by atoms with Crippen LogP contribution in [0.25, 0.3) is 11.1 Å². The quantitative estimate of drug-likeness (QED) is 0.595. The lowest BCUT2D eigenvalue weighted by atomic mass is 10.1. The smallest absolute Gasteiger partial charge is 0.213 e. The Hall–Kier alpha value is -1.22. The van der Waals surface area contributed by atoms with Gasteiger partial charge in [-0.3, -0.25) is 0 Å². The fraction of sp³-hybridized carbons (Fsp3) is 0.0833. The Balaban J connectivity index is 2.49. The van der Waals surface area contributed by atoms with Gasteiger partial charge in [0.2, 0.25) is 5.95 Å². The van der Waals surface area contributed by atoms with Gasteiger partial charge >= 0.3 is 0 Å². The maximum atomic E-state index is 13.2. The van der Waals surface area contributed by atoms with E-state index in [0.717, 1.165) is 11.1 Å². The molecule has 0 saturated carbocycles. The first-order valence-corrected chi connectivity index (χ1v) is 5.69. The number of hydrogen-bond acceptors (Lipinski definition) is 1. The van der Waals surface area contributed by atoms with E-state index >= 15 is 0 Å². The molecule has 2 aromatic rings. The lowest BCUT2D eigenvalue weighted by Gasteiger charge is -2.03. The zero-order chi connectivity index (χ0) is 10.7. The highest BCUT2D eigenvalue weighted by atomic mass is 79.9. The first-order valence-electron chi connectivity index (χ1n) is 4.57. The number of benzene rings is 1. The Labute approximate surface area is 96.1 Å². The van der Waals surface area contributed by atoms with Crippen LogP contribution in [0, 0.1) is 5.95 Å². The van der Waals surface area contributed by atoms with Gasteiger partial charge in [0.25, 0.3) is 0 Å². The zero-order valence-electron chi connectivity index (χ0n) is 7.95. The van der Waals surface area contributed by atoms with Gasteiger partial charge in [0, 0.05) is 11.4 Å². The van der Waals surface area contributed by atoms with Crippen molar-refractivity contribution in [2.45, 2.75) is 5.33 Å². The summed E-state index contributed by atoms with van der Waals surface area (Å²) in [5, 5.41) is 0.560. The fourth-order valence-electron chi connectivity index (χ4n) is 1.42. The van der Waals surface area contributed by atoms with Crippen molar-refractivity contribution in [2.75, 3.05) is 0 Å². The van der Waals surface area contributed by atoms with Gasteiger partial charge in [0.05, 0.1) is 5.69 Å². The van der Waals surface area contributed by atoms with Crippen LogP contribution in [-0.2, 0) is 5.33 Å². The SMILES string of the molecule is Fc1cc(-c2ccccc2)cc(CBr)n1. The van der Waals surface area contributed by atoms with Gasteiger partial charge in [-0.2, -0.15) is 4.39 Å².